The summed E-state index contributed by atoms with van der Waals surface area (Å²) in [6.45, 7) is 0. The summed E-state index contributed by atoms with van der Waals surface area (Å²) in [6.07, 6.45) is 0. The standard InChI is InChI=1S/C16H13Cl2NOS/c1-20-12-5-4-9-6-11(3-2-10(9)7-12)15(19)13-8-14(17)21-16(13)18/h2-8,15H,19H2,1H3. The molecule has 5 heteroatoms. The molecule has 0 aliphatic heterocycles. The maximum atomic E-state index is 6.32. The Bertz CT molecular complexity index is 800. The minimum absolute atomic E-state index is 0.284. The lowest BCUT2D eigenvalue weighted by Crippen LogP contribution is -2.11. The van der Waals surface area contributed by atoms with Crippen molar-refractivity contribution in [2.45, 2.75) is 6.04 Å². The molecule has 0 saturated heterocycles. The number of fused-ring (bicyclic) bond motifs is 1. The molecular weight excluding hydrogens is 325 g/mol. The van der Waals surface area contributed by atoms with E-state index in [1.165, 1.54) is 11.3 Å². The normalized spacial score (nSPS) is 12.6. The number of thiophene rings is 1. The summed E-state index contributed by atoms with van der Waals surface area (Å²) < 4.78 is 6.52. The molecule has 1 unspecified atom stereocenters. The molecule has 3 rings (SSSR count). The van der Waals surface area contributed by atoms with Gasteiger partial charge in [0, 0.05) is 5.56 Å². The quantitative estimate of drug-likeness (QED) is 0.706. The van der Waals surface area contributed by atoms with E-state index in [1.807, 2.05) is 36.4 Å². The van der Waals surface area contributed by atoms with Crippen LogP contribution < -0.4 is 10.5 Å². The lowest BCUT2D eigenvalue weighted by atomic mass is 9.99. The monoisotopic (exact) mass is 337 g/mol. The molecule has 0 spiro atoms. The smallest absolute Gasteiger partial charge is 0.119 e. The Morgan fingerprint density at radius 3 is 2.43 bits per heavy atom. The summed E-state index contributed by atoms with van der Waals surface area (Å²) in [5.41, 5.74) is 8.18. The van der Waals surface area contributed by atoms with E-state index < -0.39 is 0 Å². The number of nitrogens with two attached hydrogens (primary N) is 1. The zero-order chi connectivity index (χ0) is 15.0. The van der Waals surface area contributed by atoms with Crippen molar-refractivity contribution in [1.82, 2.24) is 0 Å². The molecule has 0 fully saturated rings. The first-order valence-corrected chi connectivity index (χ1v) is 7.94. The van der Waals surface area contributed by atoms with Crippen molar-refractivity contribution in [3.8, 4) is 5.75 Å². The lowest BCUT2D eigenvalue weighted by Gasteiger charge is -2.12. The van der Waals surface area contributed by atoms with E-state index in [0.717, 1.165) is 27.6 Å². The summed E-state index contributed by atoms with van der Waals surface area (Å²) in [7, 11) is 1.66. The Balaban J connectivity index is 2.02. The van der Waals surface area contributed by atoms with Gasteiger partial charge in [-0.25, -0.2) is 0 Å². The second kappa shape index (κ2) is 5.85. The molecule has 0 radical (unpaired) electrons. The van der Waals surface area contributed by atoms with Crippen LogP contribution in [0.25, 0.3) is 10.8 Å². The first-order chi connectivity index (χ1) is 10.1. The molecule has 2 aromatic carbocycles. The van der Waals surface area contributed by atoms with E-state index in [-0.39, 0.29) is 6.04 Å². The van der Waals surface area contributed by atoms with Crippen molar-refractivity contribution < 1.29 is 4.74 Å². The van der Waals surface area contributed by atoms with Gasteiger partial charge >= 0.3 is 0 Å². The van der Waals surface area contributed by atoms with Crippen LogP contribution >= 0.6 is 34.5 Å². The third-order valence-corrected chi connectivity index (χ3v) is 4.97. The maximum absolute atomic E-state index is 6.32. The molecule has 0 saturated carbocycles. The summed E-state index contributed by atoms with van der Waals surface area (Å²) in [6, 6.07) is 13.6. The van der Waals surface area contributed by atoms with Crippen molar-refractivity contribution in [2.24, 2.45) is 5.73 Å². The molecule has 0 aliphatic carbocycles. The number of halogens is 2. The lowest BCUT2D eigenvalue weighted by molar-refractivity contribution is 0.415. The minimum Gasteiger partial charge on any atom is -0.497 e. The molecule has 0 bridgehead atoms. The Kier molecular flexibility index (Phi) is 4.09. The number of rotatable bonds is 3. The number of benzene rings is 2. The Morgan fingerprint density at radius 1 is 1.05 bits per heavy atom. The Morgan fingerprint density at radius 2 is 1.76 bits per heavy atom. The molecule has 2 nitrogen and oxygen atoms in total. The molecule has 21 heavy (non-hydrogen) atoms. The fourth-order valence-electron chi connectivity index (χ4n) is 2.31. The van der Waals surface area contributed by atoms with Gasteiger partial charge in [-0.05, 0) is 40.6 Å². The van der Waals surface area contributed by atoms with Crippen LogP contribution in [0.2, 0.25) is 8.67 Å². The van der Waals surface area contributed by atoms with E-state index in [1.54, 1.807) is 7.11 Å². The third kappa shape index (κ3) is 2.87. The minimum atomic E-state index is -0.284. The molecule has 2 N–H and O–H groups in total. The molecule has 3 aromatic rings. The van der Waals surface area contributed by atoms with Crippen LogP contribution in [0.15, 0.2) is 42.5 Å². The molecule has 0 amide bonds. The zero-order valence-electron chi connectivity index (χ0n) is 11.3. The zero-order valence-corrected chi connectivity index (χ0v) is 13.6. The van der Waals surface area contributed by atoms with Crippen molar-refractivity contribution in [1.29, 1.82) is 0 Å². The predicted molar refractivity (Wildman–Crippen MR) is 90.9 cm³/mol. The highest BCUT2D eigenvalue weighted by Gasteiger charge is 2.16. The number of hydrogen-bond donors (Lipinski definition) is 1. The van der Waals surface area contributed by atoms with Crippen LogP contribution in [0, 0.1) is 0 Å². The molecule has 108 valence electrons. The summed E-state index contributed by atoms with van der Waals surface area (Å²) in [5.74, 6) is 0.840. The van der Waals surface area contributed by atoms with E-state index in [2.05, 4.69) is 6.07 Å². The average molecular weight is 338 g/mol. The molecule has 1 aromatic heterocycles. The number of methoxy groups -OCH3 is 1. The van der Waals surface area contributed by atoms with Gasteiger partial charge in [-0.2, -0.15) is 0 Å². The van der Waals surface area contributed by atoms with Gasteiger partial charge in [-0.1, -0.05) is 41.4 Å². The second-order valence-corrected chi connectivity index (χ2v) is 7.02. The van der Waals surface area contributed by atoms with Gasteiger partial charge in [0.2, 0.25) is 0 Å². The topological polar surface area (TPSA) is 35.2 Å². The second-order valence-electron chi connectivity index (χ2n) is 4.73. The third-order valence-electron chi connectivity index (χ3n) is 3.45. The number of ether oxygens (including phenoxy) is 1. The highest BCUT2D eigenvalue weighted by Crippen LogP contribution is 2.37. The van der Waals surface area contributed by atoms with E-state index in [0.29, 0.717) is 8.67 Å². The Hall–Kier alpha value is -1.26. The van der Waals surface area contributed by atoms with Crippen LogP contribution in [0.3, 0.4) is 0 Å². The Labute approximate surface area is 137 Å². The van der Waals surface area contributed by atoms with Crippen LogP contribution in [-0.4, -0.2) is 7.11 Å². The van der Waals surface area contributed by atoms with Gasteiger partial charge in [-0.15, -0.1) is 11.3 Å². The SMILES string of the molecule is COc1ccc2cc(C(N)c3cc(Cl)sc3Cl)ccc2c1. The number of hydrogen-bond acceptors (Lipinski definition) is 3. The van der Waals surface area contributed by atoms with Crippen LogP contribution in [0.5, 0.6) is 5.75 Å². The van der Waals surface area contributed by atoms with Crippen molar-refractivity contribution in [3.63, 3.8) is 0 Å². The largest absolute Gasteiger partial charge is 0.497 e. The molecular formula is C16H13Cl2NOS. The van der Waals surface area contributed by atoms with Gasteiger partial charge in [-0.3, -0.25) is 0 Å². The first-order valence-electron chi connectivity index (χ1n) is 6.36. The van der Waals surface area contributed by atoms with Gasteiger partial charge in [0.25, 0.3) is 0 Å². The van der Waals surface area contributed by atoms with E-state index in [9.17, 15) is 0 Å². The maximum Gasteiger partial charge on any atom is 0.119 e. The summed E-state index contributed by atoms with van der Waals surface area (Å²) in [4.78, 5) is 0. The fourth-order valence-corrected chi connectivity index (χ4v) is 3.86. The molecule has 1 atom stereocenters. The van der Waals surface area contributed by atoms with Crippen molar-refractivity contribution in [2.75, 3.05) is 7.11 Å². The molecule has 1 heterocycles. The summed E-state index contributed by atoms with van der Waals surface area (Å²) >= 11 is 13.5. The van der Waals surface area contributed by atoms with Crippen LogP contribution in [0.4, 0.5) is 0 Å². The highest BCUT2D eigenvalue weighted by molar-refractivity contribution is 7.20. The van der Waals surface area contributed by atoms with Crippen LogP contribution in [-0.2, 0) is 0 Å². The first kappa shape index (κ1) is 14.7. The summed E-state index contributed by atoms with van der Waals surface area (Å²) in [5, 5.41) is 2.22. The molecule has 0 aliphatic rings. The van der Waals surface area contributed by atoms with Gasteiger partial charge in [0.1, 0.15) is 5.75 Å². The van der Waals surface area contributed by atoms with Gasteiger partial charge in [0.05, 0.1) is 21.8 Å². The van der Waals surface area contributed by atoms with Gasteiger partial charge in [0.15, 0.2) is 0 Å². The van der Waals surface area contributed by atoms with E-state index >= 15 is 0 Å². The van der Waals surface area contributed by atoms with Gasteiger partial charge < -0.3 is 10.5 Å². The van der Waals surface area contributed by atoms with Crippen LogP contribution in [0.1, 0.15) is 17.2 Å². The highest BCUT2D eigenvalue weighted by atomic mass is 35.5. The van der Waals surface area contributed by atoms with Crippen molar-refractivity contribution in [3.05, 3.63) is 62.3 Å². The van der Waals surface area contributed by atoms with E-state index in [4.69, 9.17) is 33.7 Å². The predicted octanol–water partition coefficient (Wildman–Crippen LogP) is 5.26. The average Bonchev–Trinajstić information content (AvgIpc) is 2.84. The fraction of sp³-hybridized carbons (Fsp3) is 0.125. The van der Waals surface area contributed by atoms with Crippen molar-refractivity contribution >= 4 is 45.3 Å².